The lowest BCUT2D eigenvalue weighted by Crippen LogP contribution is -2.68. The molecule has 3 aliphatic rings. The molecule has 20 nitrogen and oxygen atoms in total. The zero-order chi connectivity index (χ0) is 32.4. The highest BCUT2D eigenvalue weighted by atomic mass is 17.1. The maximum absolute atomic E-state index is 12.4. The van der Waals surface area contributed by atoms with E-state index in [-0.39, 0.29) is 0 Å². The highest BCUT2D eigenvalue weighted by Gasteiger charge is 2.57. The van der Waals surface area contributed by atoms with Gasteiger partial charge in [0.15, 0.2) is 12.6 Å². The number of carboxylic acids is 1. The molecule has 0 aromatic carbocycles. The summed E-state index contributed by atoms with van der Waals surface area (Å²) in [4.78, 5) is 28.4. The Balaban J connectivity index is 1.82. The fraction of sp³-hybridized carbons (Fsp3) is 0.913. The lowest BCUT2D eigenvalue weighted by Gasteiger charge is -2.48. The van der Waals surface area contributed by atoms with Crippen molar-refractivity contribution in [3.05, 3.63) is 0 Å². The van der Waals surface area contributed by atoms with Gasteiger partial charge in [-0.2, -0.15) is 0 Å². The molecule has 0 aromatic heterocycles. The Bertz CT molecular complexity index is 940. The van der Waals surface area contributed by atoms with E-state index in [1.165, 1.54) is 0 Å². The first kappa shape index (κ1) is 35.8. The summed E-state index contributed by atoms with van der Waals surface area (Å²) in [5.41, 5.74) is 0. The molecule has 20 heteroatoms. The molecule has 0 aliphatic carbocycles. The summed E-state index contributed by atoms with van der Waals surface area (Å²) in [5, 5.41) is 113. The van der Waals surface area contributed by atoms with E-state index in [9.17, 15) is 65.9 Å². The zero-order valence-electron chi connectivity index (χ0n) is 23.0. The van der Waals surface area contributed by atoms with Gasteiger partial charge in [0.2, 0.25) is 5.91 Å². The van der Waals surface area contributed by atoms with Crippen LogP contribution in [0.3, 0.4) is 0 Å². The van der Waals surface area contributed by atoms with Crippen molar-refractivity contribution in [3.8, 4) is 0 Å². The van der Waals surface area contributed by atoms with E-state index in [2.05, 4.69) is 10.2 Å². The molecular weight excluding hydrogens is 594 g/mol. The number of carbonyl (C=O) groups is 2. The molecule has 0 bridgehead atoms. The number of carbonyl (C=O) groups excluding carboxylic acids is 1. The average Bonchev–Trinajstić information content (AvgIpc) is 2.94. The van der Waals surface area contributed by atoms with Crippen molar-refractivity contribution in [1.29, 1.82) is 0 Å². The lowest BCUT2D eigenvalue weighted by molar-refractivity contribution is -0.375. The van der Waals surface area contributed by atoms with Crippen molar-refractivity contribution in [1.82, 2.24) is 5.32 Å². The number of ether oxygens (including phenoxy) is 5. The number of hydrogen-bond acceptors (Lipinski definition) is 18. The first-order chi connectivity index (χ1) is 20.1. The maximum atomic E-state index is 12.4. The predicted molar refractivity (Wildman–Crippen MR) is 130 cm³/mol. The third-order valence-electron chi connectivity index (χ3n) is 7.47. The van der Waals surface area contributed by atoms with E-state index >= 15 is 0 Å². The van der Waals surface area contributed by atoms with Crippen LogP contribution in [-0.2, 0) is 38.2 Å². The van der Waals surface area contributed by atoms with Crippen molar-refractivity contribution in [2.24, 2.45) is 0 Å². The molecule has 43 heavy (non-hydrogen) atoms. The van der Waals surface area contributed by atoms with Crippen LogP contribution in [0.4, 0.5) is 0 Å². The summed E-state index contributed by atoms with van der Waals surface area (Å²) in [6.45, 7) is 0.460. The van der Waals surface area contributed by atoms with Gasteiger partial charge in [-0.1, -0.05) is 0 Å². The van der Waals surface area contributed by atoms with Crippen LogP contribution in [0.2, 0.25) is 0 Å². The third-order valence-corrected chi connectivity index (χ3v) is 7.47. The Hall–Kier alpha value is -1.70. The lowest BCUT2D eigenvalue weighted by atomic mass is 9.88. The predicted octanol–water partition coefficient (Wildman–Crippen LogP) is -6.70. The van der Waals surface area contributed by atoms with Gasteiger partial charge in [-0.3, -0.25) is 10.1 Å². The summed E-state index contributed by atoms with van der Waals surface area (Å²) in [6.07, 6.45) is -25.9. The summed E-state index contributed by atoms with van der Waals surface area (Å²) in [5.74, 6) is -5.29. The van der Waals surface area contributed by atoms with E-state index in [4.69, 9.17) is 23.7 Å². The molecule has 0 radical (unpaired) electrons. The Kier molecular flexibility index (Phi) is 12.1. The Morgan fingerprint density at radius 3 is 2.16 bits per heavy atom. The van der Waals surface area contributed by atoms with Gasteiger partial charge in [-0.05, 0) is 6.92 Å². The number of hydrogen-bond donors (Lipinski definition) is 12. The molecule has 16 atom stereocenters. The molecule has 12 N–H and O–H groups in total. The second-order valence-corrected chi connectivity index (χ2v) is 10.6. The fourth-order valence-corrected chi connectivity index (χ4v) is 5.14. The average molecular weight is 634 g/mol. The highest BCUT2D eigenvalue weighted by molar-refractivity contribution is 5.76. The molecule has 0 aromatic rings. The molecule has 3 aliphatic heterocycles. The van der Waals surface area contributed by atoms with E-state index < -0.39 is 129 Å². The van der Waals surface area contributed by atoms with Crippen molar-refractivity contribution in [2.45, 2.75) is 118 Å². The molecule has 0 spiro atoms. The number of aliphatic hydroxyl groups excluding tert-OH is 9. The van der Waals surface area contributed by atoms with Gasteiger partial charge in [0.05, 0.1) is 31.5 Å². The maximum Gasteiger partial charge on any atom is 0.364 e. The van der Waals surface area contributed by atoms with Crippen LogP contribution in [0.5, 0.6) is 0 Å². The van der Waals surface area contributed by atoms with Gasteiger partial charge < -0.3 is 80.1 Å². The first-order valence-electron chi connectivity index (χ1n) is 13.2. The third kappa shape index (κ3) is 7.58. The summed E-state index contributed by atoms with van der Waals surface area (Å²) in [7, 11) is 0. The quantitative estimate of drug-likeness (QED) is 0.0743. The van der Waals surface area contributed by atoms with E-state index in [0.717, 1.165) is 13.8 Å². The second kappa shape index (κ2) is 14.6. The molecule has 3 heterocycles. The van der Waals surface area contributed by atoms with Crippen LogP contribution in [0.15, 0.2) is 0 Å². The summed E-state index contributed by atoms with van der Waals surface area (Å²) >= 11 is 0. The smallest absolute Gasteiger partial charge is 0.364 e. The molecule has 1 amide bonds. The topological polar surface area (TPSA) is 324 Å². The van der Waals surface area contributed by atoms with E-state index in [1.807, 2.05) is 0 Å². The Labute approximate surface area is 243 Å². The van der Waals surface area contributed by atoms with Crippen LogP contribution in [0, 0.1) is 0 Å². The van der Waals surface area contributed by atoms with Crippen molar-refractivity contribution in [2.75, 3.05) is 13.2 Å². The standard InChI is InChI=1S/C23H39NO19/c1-6(26)17(43-37)19-11(24-7(2)27)8(28)3-23(42-19,22(35)36)38-5-10-12(29)13(30)16(33)21(40-10)41-18-9(4-25)39-20(34)15(32)14(18)31/h6,8-21,25-26,28-34,37H,3-5H2,1-2H3,(H,24,27)(H,35,36)/t6-,8?,9?,10?,11?,12?,13?,14?,15?,16?,17?,18?,19?,20?,21?,23-/m1/s1. The number of aliphatic carboxylic acids is 1. The van der Waals surface area contributed by atoms with E-state index in [0.29, 0.717) is 0 Å². The number of aliphatic hydroxyl groups is 9. The van der Waals surface area contributed by atoms with Crippen LogP contribution in [0.1, 0.15) is 20.3 Å². The second-order valence-electron chi connectivity index (χ2n) is 10.6. The number of amides is 1. The summed E-state index contributed by atoms with van der Waals surface area (Å²) in [6, 6.07) is -1.40. The SMILES string of the molecule is CC(=O)NC1C(O)C[C@](OCC2OC(OC3C(CO)OC(O)C(O)C3O)C(O)C(O)C2O)(C(=O)O)OC1C(OO)[C@@H](C)O. The number of nitrogens with one attached hydrogen (secondary N) is 1. The van der Waals surface area contributed by atoms with Gasteiger partial charge in [0.25, 0.3) is 5.79 Å². The van der Waals surface area contributed by atoms with Gasteiger partial charge >= 0.3 is 5.97 Å². The van der Waals surface area contributed by atoms with Crippen molar-refractivity contribution < 1.29 is 94.5 Å². The highest BCUT2D eigenvalue weighted by Crippen LogP contribution is 2.36. The summed E-state index contributed by atoms with van der Waals surface area (Å²) < 4.78 is 26.9. The Morgan fingerprint density at radius 2 is 1.63 bits per heavy atom. The molecular formula is C23H39NO19. The molecule has 14 unspecified atom stereocenters. The fourth-order valence-electron chi connectivity index (χ4n) is 5.14. The largest absolute Gasteiger partial charge is 0.477 e. The van der Waals surface area contributed by atoms with Gasteiger partial charge in [-0.15, -0.1) is 0 Å². The van der Waals surface area contributed by atoms with Crippen LogP contribution in [-0.4, -0.2) is 179 Å². The normalized spacial score (nSPS) is 45.3. The van der Waals surface area contributed by atoms with Crippen LogP contribution < -0.4 is 5.32 Å². The molecule has 3 rings (SSSR count). The Morgan fingerprint density at radius 1 is 0.977 bits per heavy atom. The van der Waals surface area contributed by atoms with Crippen LogP contribution in [0.25, 0.3) is 0 Å². The van der Waals surface area contributed by atoms with Crippen molar-refractivity contribution >= 4 is 11.9 Å². The van der Waals surface area contributed by atoms with Crippen molar-refractivity contribution in [3.63, 3.8) is 0 Å². The first-order valence-corrected chi connectivity index (χ1v) is 13.2. The number of rotatable bonds is 11. The van der Waals surface area contributed by atoms with Crippen LogP contribution >= 0.6 is 0 Å². The van der Waals surface area contributed by atoms with Gasteiger partial charge in [-0.25, -0.2) is 9.68 Å². The van der Waals surface area contributed by atoms with E-state index in [1.54, 1.807) is 0 Å². The molecule has 3 saturated heterocycles. The minimum absolute atomic E-state index is 0.681. The molecule has 250 valence electrons. The zero-order valence-corrected chi connectivity index (χ0v) is 23.0. The van der Waals surface area contributed by atoms with Gasteiger partial charge in [0.1, 0.15) is 61.0 Å². The minimum Gasteiger partial charge on any atom is -0.477 e. The minimum atomic E-state index is -2.78. The number of carboxylic acid groups (broad SMARTS) is 1. The van der Waals surface area contributed by atoms with Gasteiger partial charge in [0, 0.05) is 13.3 Å². The molecule has 3 fully saturated rings. The molecule has 0 saturated carbocycles. The monoisotopic (exact) mass is 633 g/mol.